The summed E-state index contributed by atoms with van der Waals surface area (Å²) in [6, 6.07) is 8.15. The highest BCUT2D eigenvalue weighted by molar-refractivity contribution is 6.35. The molecule has 6 nitrogen and oxygen atoms in total. The molecule has 0 aromatic heterocycles. The molecule has 0 bridgehead atoms. The van der Waals surface area contributed by atoms with E-state index in [1.54, 1.807) is 9.80 Å². The standard InChI is InChI=1S/C24H33N3O3/c1-18-7-9-19(10-8-18)17-26-15-16-27(24(30)23(26)29)21-11-13-25(14-12-21)22(28)20-5-3-2-4-6-20/h7-10,20-21H,2-6,11-17H2,1H3. The minimum atomic E-state index is -0.400. The third kappa shape index (κ3) is 4.52. The van der Waals surface area contributed by atoms with Crippen LogP contribution in [0.25, 0.3) is 0 Å². The smallest absolute Gasteiger partial charge is 0.312 e. The van der Waals surface area contributed by atoms with Gasteiger partial charge in [-0.25, -0.2) is 0 Å². The van der Waals surface area contributed by atoms with Crippen molar-refractivity contribution in [1.29, 1.82) is 0 Å². The van der Waals surface area contributed by atoms with E-state index < -0.39 is 5.91 Å². The molecule has 2 saturated heterocycles. The summed E-state index contributed by atoms with van der Waals surface area (Å²) in [4.78, 5) is 43.7. The van der Waals surface area contributed by atoms with E-state index in [0.717, 1.165) is 44.1 Å². The fourth-order valence-electron chi connectivity index (χ4n) is 5.11. The SMILES string of the molecule is Cc1ccc(CN2CCN(C3CCN(C(=O)C4CCCCC4)CC3)C(=O)C2=O)cc1. The molecule has 6 heteroatoms. The fraction of sp³-hybridized carbons (Fsp3) is 0.625. The van der Waals surface area contributed by atoms with Gasteiger partial charge in [-0.1, -0.05) is 49.1 Å². The molecular formula is C24H33N3O3. The molecule has 30 heavy (non-hydrogen) atoms. The molecule has 3 fully saturated rings. The molecular weight excluding hydrogens is 378 g/mol. The molecule has 1 aromatic carbocycles. The van der Waals surface area contributed by atoms with Crippen LogP contribution < -0.4 is 0 Å². The Labute approximate surface area is 179 Å². The molecule has 0 spiro atoms. The maximum Gasteiger partial charge on any atom is 0.312 e. The van der Waals surface area contributed by atoms with Gasteiger partial charge in [-0.3, -0.25) is 14.4 Å². The van der Waals surface area contributed by atoms with Gasteiger partial charge in [0.1, 0.15) is 0 Å². The van der Waals surface area contributed by atoms with Gasteiger partial charge in [0.05, 0.1) is 0 Å². The third-order valence-corrected chi connectivity index (χ3v) is 7.01. The molecule has 0 N–H and O–H groups in total. The maximum atomic E-state index is 12.8. The number of piperazine rings is 1. The van der Waals surface area contributed by atoms with Crippen molar-refractivity contribution in [2.75, 3.05) is 26.2 Å². The van der Waals surface area contributed by atoms with Gasteiger partial charge in [0.2, 0.25) is 5.91 Å². The molecule has 1 aliphatic carbocycles. The maximum absolute atomic E-state index is 12.8. The lowest BCUT2D eigenvalue weighted by molar-refractivity contribution is -0.159. The number of amides is 3. The van der Waals surface area contributed by atoms with Crippen molar-refractivity contribution in [2.45, 2.75) is 64.5 Å². The van der Waals surface area contributed by atoms with Crippen LogP contribution in [0.2, 0.25) is 0 Å². The number of nitrogens with zero attached hydrogens (tertiary/aromatic N) is 3. The van der Waals surface area contributed by atoms with Crippen molar-refractivity contribution in [3.05, 3.63) is 35.4 Å². The van der Waals surface area contributed by atoms with Crippen LogP contribution in [0.15, 0.2) is 24.3 Å². The Balaban J connectivity index is 1.29. The first-order valence-corrected chi connectivity index (χ1v) is 11.5. The zero-order chi connectivity index (χ0) is 21.1. The highest BCUT2D eigenvalue weighted by Crippen LogP contribution is 2.28. The molecule has 0 atom stereocenters. The molecule has 3 amide bonds. The second-order valence-corrected chi connectivity index (χ2v) is 9.10. The number of rotatable bonds is 4. The quantitative estimate of drug-likeness (QED) is 0.716. The van der Waals surface area contributed by atoms with Gasteiger partial charge in [0, 0.05) is 44.7 Å². The van der Waals surface area contributed by atoms with E-state index >= 15 is 0 Å². The minimum Gasteiger partial charge on any atom is -0.342 e. The third-order valence-electron chi connectivity index (χ3n) is 7.01. The normalized spacial score (nSPS) is 22.0. The number of carbonyl (C=O) groups is 3. The first-order valence-electron chi connectivity index (χ1n) is 11.5. The summed E-state index contributed by atoms with van der Waals surface area (Å²) in [7, 11) is 0. The van der Waals surface area contributed by atoms with E-state index in [9.17, 15) is 14.4 Å². The van der Waals surface area contributed by atoms with Crippen molar-refractivity contribution < 1.29 is 14.4 Å². The highest BCUT2D eigenvalue weighted by atomic mass is 16.2. The average Bonchev–Trinajstić information content (AvgIpc) is 2.79. The lowest BCUT2D eigenvalue weighted by Crippen LogP contribution is -2.59. The van der Waals surface area contributed by atoms with Crippen LogP contribution in [-0.2, 0) is 20.9 Å². The first-order chi connectivity index (χ1) is 14.5. The Bertz CT molecular complexity index is 777. The second kappa shape index (κ2) is 9.19. The lowest BCUT2D eigenvalue weighted by atomic mass is 9.87. The van der Waals surface area contributed by atoms with Crippen molar-refractivity contribution in [2.24, 2.45) is 5.92 Å². The number of hydrogen-bond acceptors (Lipinski definition) is 3. The van der Waals surface area contributed by atoms with E-state index in [1.807, 2.05) is 36.1 Å². The Hall–Kier alpha value is -2.37. The number of likely N-dealkylation sites (tertiary alicyclic amines) is 1. The van der Waals surface area contributed by atoms with Crippen LogP contribution >= 0.6 is 0 Å². The van der Waals surface area contributed by atoms with Crippen molar-refractivity contribution in [1.82, 2.24) is 14.7 Å². The van der Waals surface area contributed by atoms with E-state index in [1.165, 1.54) is 12.0 Å². The Morgan fingerprint density at radius 1 is 0.867 bits per heavy atom. The Kier molecular flexibility index (Phi) is 6.40. The molecule has 162 valence electrons. The summed E-state index contributed by atoms with van der Waals surface area (Å²) < 4.78 is 0. The van der Waals surface area contributed by atoms with E-state index in [-0.39, 0.29) is 17.9 Å². The number of piperidine rings is 1. The predicted octanol–water partition coefficient (Wildman–Crippen LogP) is 2.74. The van der Waals surface area contributed by atoms with Crippen molar-refractivity contribution >= 4 is 17.7 Å². The van der Waals surface area contributed by atoms with Crippen LogP contribution in [0.4, 0.5) is 0 Å². The zero-order valence-corrected chi connectivity index (χ0v) is 18.0. The van der Waals surface area contributed by atoms with E-state index in [2.05, 4.69) is 0 Å². The van der Waals surface area contributed by atoms with Gasteiger partial charge in [0.15, 0.2) is 0 Å². The molecule has 1 saturated carbocycles. The van der Waals surface area contributed by atoms with Crippen LogP contribution in [0.3, 0.4) is 0 Å². The largest absolute Gasteiger partial charge is 0.342 e. The average molecular weight is 412 g/mol. The summed E-state index contributed by atoms with van der Waals surface area (Å²) >= 11 is 0. The zero-order valence-electron chi connectivity index (χ0n) is 18.0. The van der Waals surface area contributed by atoms with Crippen LogP contribution in [-0.4, -0.2) is 64.6 Å². The Morgan fingerprint density at radius 3 is 2.20 bits per heavy atom. The minimum absolute atomic E-state index is 0.0679. The highest BCUT2D eigenvalue weighted by Gasteiger charge is 2.38. The number of hydrogen-bond donors (Lipinski definition) is 0. The van der Waals surface area contributed by atoms with Gasteiger partial charge in [0.25, 0.3) is 0 Å². The summed E-state index contributed by atoms with van der Waals surface area (Å²) in [5, 5.41) is 0. The molecule has 0 unspecified atom stereocenters. The Morgan fingerprint density at radius 2 is 1.53 bits per heavy atom. The van der Waals surface area contributed by atoms with Crippen molar-refractivity contribution in [3.63, 3.8) is 0 Å². The topological polar surface area (TPSA) is 60.9 Å². The van der Waals surface area contributed by atoms with Gasteiger partial charge in [-0.05, 0) is 38.2 Å². The van der Waals surface area contributed by atoms with Gasteiger partial charge < -0.3 is 14.7 Å². The predicted molar refractivity (Wildman–Crippen MR) is 114 cm³/mol. The summed E-state index contributed by atoms with van der Waals surface area (Å²) in [6.07, 6.45) is 7.17. The van der Waals surface area contributed by atoms with E-state index in [0.29, 0.717) is 38.6 Å². The second-order valence-electron chi connectivity index (χ2n) is 9.10. The van der Waals surface area contributed by atoms with Gasteiger partial charge in [-0.15, -0.1) is 0 Å². The molecule has 1 aromatic rings. The van der Waals surface area contributed by atoms with Crippen LogP contribution in [0, 0.1) is 12.8 Å². The number of aryl methyl sites for hydroxylation is 1. The molecule has 2 aliphatic heterocycles. The van der Waals surface area contributed by atoms with Crippen molar-refractivity contribution in [3.8, 4) is 0 Å². The molecule has 0 radical (unpaired) electrons. The number of benzene rings is 1. The van der Waals surface area contributed by atoms with Crippen LogP contribution in [0.5, 0.6) is 0 Å². The fourth-order valence-corrected chi connectivity index (χ4v) is 5.11. The van der Waals surface area contributed by atoms with Crippen LogP contribution in [0.1, 0.15) is 56.1 Å². The van der Waals surface area contributed by atoms with Gasteiger partial charge in [-0.2, -0.15) is 0 Å². The molecule has 3 aliphatic rings. The number of carbonyl (C=O) groups excluding carboxylic acids is 3. The first kappa shape index (κ1) is 20.9. The summed E-state index contributed by atoms with van der Waals surface area (Å²) in [5.41, 5.74) is 2.23. The summed E-state index contributed by atoms with van der Waals surface area (Å²) in [5.74, 6) is -0.282. The van der Waals surface area contributed by atoms with Gasteiger partial charge >= 0.3 is 11.8 Å². The lowest BCUT2D eigenvalue weighted by Gasteiger charge is -2.42. The molecule has 4 rings (SSSR count). The monoisotopic (exact) mass is 411 g/mol. The van der Waals surface area contributed by atoms with E-state index in [4.69, 9.17) is 0 Å². The summed E-state index contributed by atoms with van der Waals surface area (Å²) in [6.45, 7) is 5.06. The molecule has 2 heterocycles.